The molecule has 0 spiro atoms. The van der Waals surface area contributed by atoms with E-state index >= 15 is 0 Å². The number of hydrogen-bond donors (Lipinski definition) is 0. The highest BCUT2D eigenvalue weighted by Gasteiger charge is 2.09. The van der Waals surface area contributed by atoms with Crippen LogP contribution in [0.3, 0.4) is 0 Å². The van der Waals surface area contributed by atoms with Gasteiger partial charge in [0.2, 0.25) is 0 Å². The highest BCUT2D eigenvalue weighted by atomic mass is 35.5. The third-order valence-electron chi connectivity index (χ3n) is 3.02. The summed E-state index contributed by atoms with van der Waals surface area (Å²) in [5, 5.41) is 18.1. The van der Waals surface area contributed by atoms with Gasteiger partial charge in [0.15, 0.2) is 0 Å². The molecule has 0 unspecified atom stereocenters. The lowest BCUT2D eigenvalue weighted by Crippen LogP contribution is -2.25. The van der Waals surface area contributed by atoms with Gasteiger partial charge in [-0.1, -0.05) is 17.7 Å². The van der Waals surface area contributed by atoms with Crippen LogP contribution in [-0.2, 0) is 6.54 Å². The van der Waals surface area contributed by atoms with Crippen molar-refractivity contribution in [3.05, 3.63) is 68.1 Å². The van der Waals surface area contributed by atoms with Gasteiger partial charge < -0.3 is 4.57 Å². The maximum absolute atomic E-state index is 12.1. The minimum Gasteiger partial charge on any atom is -0.307 e. The third-order valence-corrected chi connectivity index (χ3v) is 3.38. The predicted molar refractivity (Wildman–Crippen MR) is 75.4 cm³/mol. The van der Waals surface area contributed by atoms with Crippen LogP contribution in [-0.4, -0.2) is 4.57 Å². The highest BCUT2D eigenvalue weighted by Crippen LogP contribution is 2.18. The summed E-state index contributed by atoms with van der Waals surface area (Å²) in [5.74, 6) is 0. The van der Waals surface area contributed by atoms with Crippen LogP contribution in [0, 0.1) is 29.6 Å². The molecule has 0 aliphatic rings. The van der Waals surface area contributed by atoms with Gasteiger partial charge in [-0.05, 0) is 36.8 Å². The molecule has 0 aliphatic carbocycles. The molecule has 1 aromatic carbocycles. The lowest BCUT2D eigenvalue weighted by molar-refractivity contribution is 0.727. The van der Waals surface area contributed by atoms with Crippen LogP contribution in [0.25, 0.3) is 0 Å². The van der Waals surface area contributed by atoms with Crippen LogP contribution in [0.4, 0.5) is 0 Å². The van der Waals surface area contributed by atoms with Gasteiger partial charge >= 0.3 is 0 Å². The molecule has 0 saturated carbocycles. The number of benzene rings is 1. The lowest BCUT2D eigenvalue weighted by Gasteiger charge is -2.11. The number of halogens is 1. The van der Waals surface area contributed by atoms with E-state index in [0.717, 1.165) is 11.3 Å². The minimum absolute atomic E-state index is 0.0976. The van der Waals surface area contributed by atoms with Gasteiger partial charge in [0.05, 0.1) is 18.2 Å². The molecule has 5 heteroatoms. The maximum Gasteiger partial charge on any atom is 0.268 e. The first-order valence-electron chi connectivity index (χ1n) is 5.86. The van der Waals surface area contributed by atoms with E-state index in [1.807, 2.05) is 12.1 Å². The molecule has 0 amide bonds. The zero-order valence-corrected chi connectivity index (χ0v) is 11.5. The molecule has 0 atom stereocenters. The number of nitrogens with zero attached hydrogens (tertiary/aromatic N) is 3. The minimum atomic E-state index is -0.340. The molecule has 0 fully saturated rings. The topological polar surface area (TPSA) is 69.6 Å². The second-order valence-electron chi connectivity index (χ2n) is 4.31. The van der Waals surface area contributed by atoms with E-state index < -0.39 is 0 Å². The van der Waals surface area contributed by atoms with Crippen LogP contribution in [0.2, 0.25) is 5.02 Å². The summed E-state index contributed by atoms with van der Waals surface area (Å²) in [7, 11) is 0. The average molecular weight is 284 g/mol. The maximum atomic E-state index is 12.1. The van der Waals surface area contributed by atoms with Gasteiger partial charge in [0.25, 0.3) is 5.56 Å². The first-order valence-corrected chi connectivity index (χ1v) is 6.23. The summed E-state index contributed by atoms with van der Waals surface area (Å²) in [4.78, 5) is 12.1. The number of nitriles is 2. The second-order valence-corrected chi connectivity index (χ2v) is 4.72. The van der Waals surface area contributed by atoms with Gasteiger partial charge in [-0.15, -0.1) is 0 Å². The van der Waals surface area contributed by atoms with Crippen LogP contribution < -0.4 is 5.56 Å². The fourth-order valence-electron chi connectivity index (χ4n) is 1.87. The Morgan fingerprint density at radius 3 is 2.55 bits per heavy atom. The number of aromatic nitrogens is 1. The third kappa shape index (κ3) is 2.56. The quantitative estimate of drug-likeness (QED) is 0.850. The predicted octanol–water partition coefficient (Wildman–Crippen LogP) is 2.60. The molecule has 0 aliphatic heterocycles. The molecule has 2 aromatic rings. The standard InChI is InChI=1S/C15H10ClN3O/c1-10-2-4-12(8-18)15(20)19(10)9-13-5-3-11(7-17)6-14(13)16/h2-6H,9H2,1H3. The summed E-state index contributed by atoms with van der Waals surface area (Å²) in [6.45, 7) is 2.06. The Bertz CT molecular complexity index is 809. The van der Waals surface area contributed by atoms with Crippen molar-refractivity contribution >= 4 is 11.6 Å². The smallest absolute Gasteiger partial charge is 0.268 e. The molecular weight excluding hydrogens is 274 g/mol. The van der Waals surface area contributed by atoms with Gasteiger partial charge in [-0.25, -0.2) is 0 Å². The summed E-state index contributed by atoms with van der Waals surface area (Å²) in [6.07, 6.45) is 0. The zero-order chi connectivity index (χ0) is 14.7. The summed E-state index contributed by atoms with van der Waals surface area (Å²) < 4.78 is 1.49. The largest absolute Gasteiger partial charge is 0.307 e. The Morgan fingerprint density at radius 2 is 1.95 bits per heavy atom. The Morgan fingerprint density at radius 1 is 1.20 bits per heavy atom. The van der Waals surface area contributed by atoms with Crippen molar-refractivity contribution in [2.45, 2.75) is 13.5 Å². The Balaban J connectivity index is 2.49. The Labute approximate surface area is 121 Å². The fourth-order valence-corrected chi connectivity index (χ4v) is 2.11. The zero-order valence-electron chi connectivity index (χ0n) is 10.7. The van der Waals surface area contributed by atoms with Gasteiger partial charge in [-0.2, -0.15) is 10.5 Å². The van der Waals surface area contributed by atoms with Crippen LogP contribution in [0.15, 0.2) is 35.1 Å². The fraction of sp³-hybridized carbons (Fsp3) is 0.133. The second kappa shape index (κ2) is 5.61. The molecule has 98 valence electrons. The normalized spacial score (nSPS) is 9.80. The molecule has 1 aromatic heterocycles. The Kier molecular flexibility index (Phi) is 3.89. The monoisotopic (exact) mass is 283 g/mol. The van der Waals surface area contributed by atoms with Crippen molar-refractivity contribution < 1.29 is 0 Å². The molecule has 0 saturated heterocycles. The van der Waals surface area contributed by atoms with Crippen molar-refractivity contribution in [3.63, 3.8) is 0 Å². The number of rotatable bonds is 2. The molecule has 1 heterocycles. The van der Waals surface area contributed by atoms with E-state index in [9.17, 15) is 4.79 Å². The van der Waals surface area contributed by atoms with Crippen molar-refractivity contribution in [1.82, 2.24) is 4.57 Å². The van der Waals surface area contributed by atoms with Gasteiger partial charge in [0, 0.05) is 10.7 Å². The SMILES string of the molecule is Cc1ccc(C#N)c(=O)n1Cc1ccc(C#N)cc1Cl. The van der Waals surface area contributed by atoms with E-state index in [2.05, 4.69) is 0 Å². The summed E-state index contributed by atoms with van der Waals surface area (Å²) in [6, 6.07) is 12.0. The highest BCUT2D eigenvalue weighted by molar-refractivity contribution is 6.31. The first-order chi connectivity index (χ1) is 9.56. The van der Waals surface area contributed by atoms with Crippen molar-refractivity contribution in [2.24, 2.45) is 0 Å². The number of aryl methyl sites for hydroxylation is 1. The molecular formula is C15H10ClN3O. The van der Waals surface area contributed by atoms with Crippen molar-refractivity contribution in [1.29, 1.82) is 10.5 Å². The van der Waals surface area contributed by atoms with E-state index in [1.165, 1.54) is 10.6 Å². The van der Waals surface area contributed by atoms with E-state index in [-0.39, 0.29) is 17.7 Å². The molecule has 0 N–H and O–H groups in total. The lowest BCUT2D eigenvalue weighted by atomic mass is 10.1. The number of hydrogen-bond acceptors (Lipinski definition) is 3. The number of pyridine rings is 1. The van der Waals surface area contributed by atoms with Gasteiger partial charge in [0.1, 0.15) is 11.6 Å². The Hall–Kier alpha value is -2.56. The van der Waals surface area contributed by atoms with Crippen molar-refractivity contribution in [2.75, 3.05) is 0 Å². The molecule has 4 nitrogen and oxygen atoms in total. The molecule has 2 rings (SSSR count). The molecule has 0 radical (unpaired) electrons. The van der Waals surface area contributed by atoms with E-state index in [0.29, 0.717) is 10.6 Å². The van der Waals surface area contributed by atoms with Crippen LogP contribution in [0.1, 0.15) is 22.4 Å². The van der Waals surface area contributed by atoms with E-state index in [1.54, 1.807) is 31.2 Å². The van der Waals surface area contributed by atoms with Gasteiger partial charge in [-0.3, -0.25) is 4.79 Å². The van der Waals surface area contributed by atoms with E-state index in [4.69, 9.17) is 22.1 Å². The van der Waals surface area contributed by atoms with Crippen LogP contribution >= 0.6 is 11.6 Å². The van der Waals surface area contributed by atoms with Crippen molar-refractivity contribution in [3.8, 4) is 12.1 Å². The first kappa shape index (κ1) is 13.9. The summed E-state index contributed by atoms with van der Waals surface area (Å²) in [5.41, 5.74) is 1.70. The molecule has 0 bridgehead atoms. The average Bonchev–Trinajstić information content (AvgIpc) is 2.45. The summed E-state index contributed by atoms with van der Waals surface area (Å²) >= 11 is 6.10. The van der Waals surface area contributed by atoms with Crippen LogP contribution in [0.5, 0.6) is 0 Å². The molecule has 20 heavy (non-hydrogen) atoms.